The van der Waals surface area contributed by atoms with Gasteiger partial charge in [0.25, 0.3) is 11.2 Å². The van der Waals surface area contributed by atoms with Gasteiger partial charge >= 0.3 is 0 Å². The molecule has 0 saturated carbocycles. The van der Waals surface area contributed by atoms with Gasteiger partial charge in [-0.05, 0) is 0 Å². The van der Waals surface area contributed by atoms with Gasteiger partial charge in [0.15, 0.2) is 0 Å². The quantitative estimate of drug-likeness (QED) is 0.532. The van der Waals surface area contributed by atoms with Crippen LogP contribution in [-0.4, -0.2) is 64.3 Å². The highest BCUT2D eigenvalue weighted by Gasteiger charge is 2.20. The fourth-order valence-corrected chi connectivity index (χ4v) is 2.99. The van der Waals surface area contributed by atoms with Crippen LogP contribution in [0.2, 0.25) is 0 Å². The van der Waals surface area contributed by atoms with Crippen LogP contribution in [0.4, 0.5) is 11.6 Å². The Labute approximate surface area is 149 Å². The van der Waals surface area contributed by atoms with Gasteiger partial charge in [-0.3, -0.25) is 24.8 Å². The molecule has 1 aromatic carbocycles. The molecule has 1 saturated heterocycles. The molecule has 2 heterocycles. The maximum absolute atomic E-state index is 12.4. The smallest absolute Gasteiger partial charge is 0.274 e. The van der Waals surface area contributed by atoms with Crippen LogP contribution in [0.15, 0.2) is 29.1 Å². The molecule has 0 spiro atoms. The zero-order chi connectivity index (χ0) is 18.5. The van der Waals surface area contributed by atoms with Gasteiger partial charge in [0.2, 0.25) is 5.95 Å². The summed E-state index contributed by atoms with van der Waals surface area (Å²) >= 11 is 0. The number of benzene rings is 1. The second kappa shape index (κ2) is 8.02. The lowest BCUT2D eigenvalue weighted by atomic mass is 10.1. The minimum atomic E-state index is -0.466. The van der Waals surface area contributed by atoms with E-state index < -0.39 is 4.92 Å². The van der Waals surface area contributed by atoms with E-state index in [1.165, 1.54) is 6.07 Å². The Balaban J connectivity index is 1.73. The van der Waals surface area contributed by atoms with Gasteiger partial charge < -0.3 is 10.6 Å². The first-order valence-corrected chi connectivity index (χ1v) is 8.44. The molecule has 10 heteroatoms. The van der Waals surface area contributed by atoms with Crippen molar-refractivity contribution in [2.75, 3.05) is 44.2 Å². The van der Waals surface area contributed by atoms with Crippen molar-refractivity contribution in [3.8, 4) is 0 Å². The highest BCUT2D eigenvalue weighted by atomic mass is 16.6. The molecular weight excluding hydrogens is 338 g/mol. The van der Waals surface area contributed by atoms with Crippen LogP contribution in [0.3, 0.4) is 0 Å². The van der Waals surface area contributed by atoms with E-state index in [1.807, 2.05) is 4.90 Å². The Morgan fingerprint density at radius 2 is 1.92 bits per heavy atom. The van der Waals surface area contributed by atoms with Gasteiger partial charge in [-0.2, -0.15) is 0 Å². The molecule has 3 rings (SSSR count). The van der Waals surface area contributed by atoms with Crippen LogP contribution in [0.5, 0.6) is 0 Å². The van der Waals surface area contributed by atoms with Crippen molar-refractivity contribution in [3.05, 3.63) is 56.0 Å². The molecule has 10 nitrogen and oxygen atoms in total. The van der Waals surface area contributed by atoms with Gasteiger partial charge in [-0.15, -0.1) is 10.2 Å². The first kappa shape index (κ1) is 18.0. The maximum atomic E-state index is 12.4. The van der Waals surface area contributed by atoms with Crippen LogP contribution in [-0.2, 0) is 6.42 Å². The van der Waals surface area contributed by atoms with E-state index in [1.54, 1.807) is 18.2 Å². The number of rotatable bonds is 6. The molecule has 3 N–H and O–H groups in total. The highest BCUT2D eigenvalue weighted by Crippen LogP contribution is 2.19. The number of nitrogens with one attached hydrogen (secondary N) is 1. The molecule has 0 unspecified atom stereocenters. The molecule has 0 atom stereocenters. The molecule has 1 aromatic heterocycles. The predicted molar refractivity (Wildman–Crippen MR) is 96.3 cm³/mol. The van der Waals surface area contributed by atoms with Gasteiger partial charge in [-0.25, -0.2) is 0 Å². The lowest BCUT2D eigenvalue weighted by molar-refractivity contribution is -0.385. The molecule has 0 radical (unpaired) electrons. The molecule has 0 amide bonds. The summed E-state index contributed by atoms with van der Waals surface area (Å²) in [5.41, 5.74) is 5.74. The number of anilines is 1. The molecule has 1 aliphatic heterocycles. The molecule has 138 valence electrons. The zero-order valence-corrected chi connectivity index (χ0v) is 14.3. The first-order valence-electron chi connectivity index (χ1n) is 8.44. The summed E-state index contributed by atoms with van der Waals surface area (Å²) in [5, 5.41) is 19.2. The lowest BCUT2D eigenvalue weighted by Crippen LogP contribution is -2.48. The minimum Gasteiger partial charge on any atom is -0.338 e. The fourth-order valence-electron chi connectivity index (χ4n) is 2.99. The third-order valence-corrected chi connectivity index (χ3v) is 4.42. The average molecular weight is 359 g/mol. The number of nitro benzene ring substituents is 1. The monoisotopic (exact) mass is 359 g/mol. The Bertz CT molecular complexity index is 831. The summed E-state index contributed by atoms with van der Waals surface area (Å²) in [6, 6.07) is 6.31. The summed E-state index contributed by atoms with van der Waals surface area (Å²) < 4.78 is 0. The number of aromatic amines is 1. The number of nitro groups is 1. The van der Waals surface area contributed by atoms with Gasteiger partial charge in [0, 0.05) is 57.3 Å². The minimum absolute atomic E-state index is 0.0335. The summed E-state index contributed by atoms with van der Waals surface area (Å²) in [7, 11) is 0. The number of hydrogen-bond acceptors (Lipinski definition) is 8. The topological polar surface area (TPSA) is 134 Å². The number of hydrogen-bond donors (Lipinski definition) is 2. The van der Waals surface area contributed by atoms with Crippen LogP contribution in [0.1, 0.15) is 11.3 Å². The third kappa shape index (κ3) is 4.03. The molecule has 0 aliphatic carbocycles. The molecular formula is C16H21N7O3. The van der Waals surface area contributed by atoms with E-state index in [9.17, 15) is 14.9 Å². The van der Waals surface area contributed by atoms with Crippen molar-refractivity contribution in [1.82, 2.24) is 20.1 Å². The lowest BCUT2D eigenvalue weighted by Gasteiger charge is -2.34. The van der Waals surface area contributed by atoms with E-state index in [0.717, 1.165) is 32.7 Å². The standard InChI is InChI=1S/C16H21N7O3/c17-5-6-21-7-9-22(10-8-21)16-18-15(24)13(19-20-16)11-12-3-1-2-4-14(12)23(25)26/h1-4H,5-11,17H2,(H,18,20,24). The summed E-state index contributed by atoms with van der Waals surface area (Å²) in [6.07, 6.45) is 0.0596. The second-order valence-electron chi connectivity index (χ2n) is 6.10. The highest BCUT2D eigenvalue weighted by molar-refractivity contribution is 5.42. The van der Waals surface area contributed by atoms with Gasteiger partial charge in [0.05, 0.1) is 4.92 Å². The van der Waals surface area contributed by atoms with E-state index in [-0.39, 0.29) is 23.4 Å². The molecule has 26 heavy (non-hydrogen) atoms. The normalized spacial score (nSPS) is 15.2. The van der Waals surface area contributed by atoms with Gasteiger partial charge in [-0.1, -0.05) is 18.2 Å². The van der Waals surface area contributed by atoms with Crippen molar-refractivity contribution >= 4 is 11.6 Å². The largest absolute Gasteiger partial charge is 0.338 e. The predicted octanol–water partition coefficient (Wildman–Crippen LogP) is -0.255. The number of piperazine rings is 1. The zero-order valence-electron chi connectivity index (χ0n) is 14.3. The van der Waals surface area contributed by atoms with E-state index in [2.05, 4.69) is 20.1 Å². The Morgan fingerprint density at radius 3 is 2.58 bits per heavy atom. The van der Waals surface area contributed by atoms with Crippen LogP contribution in [0, 0.1) is 10.1 Å². The summed E-state index contributed by atoms with van der Waals surface area (Å²) in [6.45, 7) is 4.63. The molecule has 1 fully saturated rings. The van der Waals surface area contributed by atoms with Crippen LogP contribution < -0.4 is 16.2 Å². The van der Waals surface area contributed by atoms with Gasteiger partial charge in [0.1, 0.15) is 5.69 Å². The Kier molecular flexibility index (Phi) is 5.54. The van der Waals surface area contributed by atoms with Crippen molar-refractivity contribution in [2.24, 2.45) is 5.73 Å². The average Bonchev–Trinajstić information content (AvgIpc) is 2.64. The SMILES string of the molecule is NCCN1CCN(c2nnc(Cc3ccccc3[N+](=O)[O-])c(=O)[nH]2)CC1. The summed E-state index contributed by atoms with van der Waals surface area (Å²) in [5.74, 6) is 0.425. The number of nitrogens with two attached hydrogens (primary N) is 1. The first-order chi connectivity index (χ1) is 12.6. The van der Waals surface area contributed by atoms with Crippen molar-refractivity contribution in [3.63, 3.8) is 0 Å². The fraction of sp³-hybridized carbons (Fsp3) is 0.438. The molecule has 2 aromatic rings. The molecule has 1 aliphatic rings. The number of aromatic nitrogens is 3. The van der Waals surface area contributed by atoms with E-state index in [0.29, 0.717) is 18.1 Å². The number of H-pyrrole nitrogens is 1. The van der Waals surface area contributed by atoms with Crippen molar-refractivity contribution < 1.29 is 4.92 Å². The Hall–Kier alpha value is -2.85. The van der Waals surface area contributed by atoms with E-state index >= 15 is 0 Å². The van der Waals surface area contributed by atoms with Crippen LogP contribution in [0.25, 0.3) is 0 Å². The third-order valence-electron chi connectivity index (χ3n) is 4.42. The van der Waals surface area contributed by atoms with Crippen LogP contribution >= 0.6 is 0 Å². The summed E-state index contributed by atoms with van der Waals surface area (Å²) in [4.78, 5) is 30.0. The van der Waals surface area contributed by atoms with Crippen molar-refractivity contribution in [2.45, 2.75) is 6.42 Å². The van der Waals surface area contributed by atoms with Crippen molar-refractivity contribution in [1.29, 1.82) is 0 Å². The second-order valence-corrected chi connectivity index (χ2v) is 6.10. The Morgan fingerprint density at radius 1 is 1.19 bits per heavy atom. The number of para-hydroxylation sites is 1. The number of nitrogens with zero attached hydrogens (tertiary/aromatic N) is 5. The van der Waals surface area contributed by atoms with E-state index in [4.69, 9.17) is 5.73 Å². The molecule has 0 bridgehead atoms. The maximum Gasteiger partial charge on any atom is 0.274 e.